The third-order valence-corrected chi connectivity index (χ3v) is 2.89. The number of nitrogens with one attached hydrogen (secondary N) is 1. The molecule has 1 amide bonds. The molecule has 0 atom stereocenters. The molecule has 0 fully saturated rings. The van der Waals surface area contributed by atoms with Crippen molar-refractivity contribution in [2.75, 3.05) is 11.9 Å². The third-order valence-electron chi connectivity index (χ3n) is 2.17. The molecule has 0 aliphatic rings. The summed E-state index contributed by atoms with van der Waals surface area (Å²) in [4.78, 5) is 33.3. The first-order chi connectivity index (χ1) is 8.97. The predicted molar refractivity (Wildman–Crippen MR) is 78.7 cm³/mol. The van der Waals surface area contributed by atoms with E-state index in [1.807, 2.05) is 12.1 Å². The van der Waals surface area contributed by atoms with Crippen LogP contribution in [0.5, 0.6) is 0 Å². The highest BCUT2D eigenvalue weighted by Gasteiger charge is 2.08. The summed E-state index contributed by atoms with van der Waals surface area (Å²) >= 11 is 2.16. The number of rotatable bonds is 6. The van der Waals surface area contributed by atoms with Gasteiger partial charge in [-0.2, -0.15) is 0 Å². The first-order valence-electron chi connectivity index (χ1n) is 5.68. The second-order valence-electron chi connectivity index (χ2n) is 3.92. The second-order valence-corrected chi connectivity index (χ2v) is 5.16. The number of benzene rings is 1. The monoisotopic (exact) mass is 375 g/mol. The molecular formula is C13H14INO4. The molecular weight excluding hydrogens is 361 g/mol. The number of ether oxygens (including phenoxy) is 1. The third kappa shape index (κ3) is 6.90. The lowest BCUT2D eigenvalue weighted by atomic mass is 10.2. The number of hydrogen-bond donors (Lipinski definition) is 1. The Bertz CT molecular complexity index is 470. The van der Waals surface area contributed by atoms with Crippen molar-refractivity contribution in [3.05, 3.63) is 27.8 Å². The standard InChI is InChI=1S/C13H14INO4/c1-9(16)2-7-13(18)19-8-12(17)15-11-5-3-10(14)4-6-11/h3-6H,2,7-8H2,1H3,(H,15,17). The summed E-state index contributed by atoms with van der Waals surface area (Å²) in [7, 11) is 0. The Hall–Kier alpha value is -1.44. The largest absolute Gasteiger partial charge is 0.456 e. The highest BCUT2D eigenvalue weighted by molar-refractivity contribution is 14.1. The molecule has 0 aliphatic carbocycles. The van der Waals surface area contributed by atoms with E-state index in [1.54, 1.807) is 12.1 Å². The molecule has 6 heteroatoms. The van der Waals surface area contributed by atoms with Crippen LogP contribution in [-0.4, -0.2) is 24.3 Å². The number of halogens is 1. The minimum atomic E-state index is -0.548. The lowest BCUT2D eigenvalue weighted by molar-refractivity contribution is -0.148. The summed E-state index contributed by atoms with van der Waals surface area (Å²) in [6.07, 6.45) is 0.143. The minimum absolute atomic E-state index is 0.00610. The maximum atomic E-state index is 11.5. The molecule has 0 spiro atoms. The van der Waals surface area contributed by atoms with Gasteiger partial charge in [0.1, 0.15) is 5.78 Å². The van der Waals surface area contributed by atoms with Gasteiger partial charge in [-0.1, -0.05) is 0 Å². The Labute approximate surface area is 124 Å². The van der Waals surface area contributed by atoms with Crippen LogP contribution in [-0.2, 0) is 19.1 Å². The fourth-order valence-electron chi connectivity index (χ4n) is 1.23. The maximum absolute atomic E-state index is 11.5. The van der Waals surface area contributed by atoms with Crippen LogP contribution in [0, 0.1) is 3.57 Å². The molecule has 0 saturated carbocycles. The van der Waals surface area contributed by atoms with Crippen LogP contribution in [0.15, 0.2) is 24.3 Å². The van der Waals surface area contributed by atoms with Crippen molar-refractivity contribution in [3.63, 3.8) is 0 Å². The molecule has 0 aliphatic heterocycles. The summed E-state index contributed by atoms with van der Waals surface area (Å²) in [6, 6.07) is 7.23. The first-order valence-corrected chi connectivity index (χ1v) is 6.75. The molecule has 19 heavy (non-hydrogen) atoms. The van der Waals surface area contributed by atoms with Crippen molar-refractivity contribution in [1.82, 2.24) is 0 Å². The van der Waals surface area contributed by atoms with Crippen LogP contribution in [0.4, 0.5) is 5.69 Å². The summed E-state index contributed by atoms with van der Waals surface area (Å²) < 4.78 is 5.81. The lowest BCUT2D eigenvalue weighted by Gasteiger charge is -2.06. The van der Waals surface area contributed by atoms with Gasteiger partial charge in [0.15, 0.2) is 6.61 Å². The van der Waals surface area contributed by atoms with Gasteiger partial charge in [-0.25, -0.2) is 0 Å². The second kappa shape index (κ2) is 7.88. The fourth-order valence-corrected chi connectivity index (χ4v) is 1.59. The van der Waals surface area contributed by atoms with Gasteiger partial charge in [-0.3, -0.25) is 9.59 Å². The summed E-state index contributed by atoms with van der Waals surface area (Å²) in [5.41, 5.74) is 0.644. The molecule has 1 aromatic carbocycles. The van der Waals surface area contributed by atoms with Gasteiger partial charge in [0.05, 0.1) is 6.42 Å². The van der Waals surface area contributed by atoms with Crippen molar-refractivity contribution in [2.24, 2.45) is 0 Å². The Morgan fingerprint density at radius 1 is 1.16 bits per heavy atom. The number of esters is 1. The fraction of sp³-hybridized carbons (Fsp3) is 0.308. The van der Waals surface area contributed by atoms with Crippen LogP contribution in [0.1, 0.15) is 19.8 Å². The van der Waals surface area contributed by atoms with E-state index in [4.69, 9.17) is 4.74 Å². The maximum Gasteiger partial charge on any atom is 0.306 e. The number of ketones is 1. The van der Waals surface area contributed by atoms with Gasteiger partial charge < -0.3 is 14.8 Å². The van der Waals surface area contributed by atoms with Crippen molar-refractivity contribution < 1.29 is 19.1 Å². The van der Waals surface area contributed by atoms with E-state index in [9.17, 15) is 14.4 Å². The highest BCUT2D eigenvalue weighted by Crippen LogP contribution is 2.10. The molecule has 0 saturated heterocycles. The van der Waals surface area contributed by atoms with Gasteiger partial charge in [0.25, 0.3) is 5.91 Å². The number of amides is 1. The first kappa shape index (κ1) is 15.6. The van der Waals surface area contributed by atoms with E-state index in [0.717, 1.165) is 3.57 Å². The molecule has 1 aromatic rings. The number of carbonyl (C=O) groups is 3. The average molecular weight is 375 g/mol. The van der Waals surface area contributed by atoms with Crippen LogP contribution < -0.4 is 5.32 Å². The molecule has 0 radical (unpaired) electrons. The number of carbonyl (C=O) groups excluding carboxylic acids is 3. The Morgan fingerprint density at radius 3 is 2.37 bits per heavy atom. The molecule has 0 heterocycles. The zero-order valence-electron chi connectivity index (χ0n) is 10.4. The van der Waals surface area contributed by atoms with E-state index in [1.165, 1.54) is 6.92 Å². The van der Waals surface area contributed by atoms with Gasteiger partial charge in [-0.15, -0.1) is 0 Å². The van der Waals surface area contributed by atoms with Gasteiger partial charge in [0.2, 0.25) is 0 Å². The molecule has 5 nitrogen and oxygen atoms in total. The van der Waals surface area contributed by atoms with Crippen LogP contribution >= 0.6 is 22.6 Å². The summed E-state index contributed by atoms with van der Waals surface area (Å²) in [6.45, 7) is 1.06. The van der Waals surface area contributed by atoms with Gasteiger partial charge >= 0.3 is 5.97 Å². The molecule has 1 N–H and O–H groups in total. The van der Waals surface area contributed by atoms with Crippen molar-refractivity contribution >= 4 is 45.9 Å². The van der Waals surface area contributed by atoms with E-state index >= 15 is 0 Å². The molecule has 0 aromatic heterocycles. The van der Waals surface area contributed by atoms with Gasteiger partial charge in [0, 0.05) is 15.7 Å². The number of hydrogen-bond acceptors (Lipinski definition) is 4. The lowest BCUT2D eigenvalue weighted by Crippen LogP contribution is -2.21. The zero-order valence-corrected chi connectivity index (χ0v) is 12.6. The Morgan fingerprint density at radius 2 is 1.79 bits per heavy atom. The smallest absolute Gasteiger partial charge is 0.306 e. The SMILES string of the molecule is CC(=O)CCC(=O)OCC(=O)Nc1ccc(I)cc1. The highest BCUT2D eigenvalue weighted by atomic mass is 127. The van der Waals surface area contributed by atoms with Crippen molar-refractivity contribution in [3.8, 4) is 0 Å². The van der Waals surface area contributed by atoms with Crippen LogP contribution in [0.3, 0.4) is 0 Å². The molecule has 0 bridgehead atoms. The van der Waals surface area contributed by atoms with Crippen LogP contribution in [0.2, 0.25) is 0 Å². The summed E-state index contributed by atoms with van der Waals surface area (Å²) in [5, 5.41) is 2.60. The number of Topliss-reactive ketones (excluding diaryl/α,β-unsaturated/α-hetero) is 1. The van der Waals surface area contributed by atoms with Crippen LogP contribution in [0.25, 0.3) is 0 Å². The summed E-state index contributed by atoms with van der Waals surface area (Å²) in [5.74, 6) is -1.04. The molecule has 1 rings (SSSR count). The predicted octanol–water partition coefficient (Wildman–Crippen LogP) is 2.14. The molecule has 102 valence electrons. The van der Waals surface area contributed by atoms with E-state index < -0.39 is 11.9 Å². The minimum Gasteiger partial charge on any atom is -0.456 e. The number of anilines is 1. The van der Waals surface area contributed by atoms with Gasteiger partial charge in [-0.05, 0) is 53.8 Å². The average Bonchev–Trinajstić information content (AvgIpc) is 2.36. The molecule has 0 unspecified atom stereocenters. The van der Waals surface area contributed by atoms with E-state index in [2.05, 4.69) is 27.9 Å². The Balaban J connectivity index is 2.29. The quantitative estimate of drug-likeness (QED) is 0.611. The Kier molecular flexibility index (Phi) is 6.48. The van der Waals surface area contributed by atoms with E-state index in [-0.39, 0.29) is 25.2 Å². The topological polar surface area (TPSA) is 72.5 Å². The van der Waals surface area contributed by atoms with Crippen molar-refractivity contribution in [1.29, 1.82) is 0 Å². The zero-order chi connectivity index (χ0) is 14.3. The van der Waals surface area contributed by atoms with E-state index in [0.29, 0.717) is 5.69 Å². The normalized spacial score (nSPS) is 9.79. The van der Waals surface area contributed by atoms with Crippen molar-refractivity contribution in [2.45, 2.75) is 19.8 Å².